The van der Waals surface area contributed by atoms with Gasteiger partial charge in [0.25, 0.3) is 0 Å². The number of carbonyl (C=O) groups excluding carboxylic acids is 2. The SMILES string of the molecule is O=C1C=CN(c2ccc(N3CC(Cn4ccnn4)OC3=O)cc2)CC1. The van der Waals surface area contributed by atoms with E-state index < -0.39 is 0 Å². The summed E-state index contributed by atoms with van der Waals surface area (Å²) in [5.41, 5.74) is 1.77. The van der Waals surface area contributed by atoms with E-state index in [2.05, 4.69) is 10.3 Å². The number of nitrogens with zero attached hydrogens (tertiary/aromatic N) is 5. The summed E-state index contributed by atoms with van der Waals surface area (Å²) in [5.74, 6) is 0.145. The van der Waals surface area contributed by atoms with Crippen molar-refractivity contribution in [2.75, 3.05) is 22.9 Å². The van der Waals surface area contributed by atoms with Crippen molar-refractivity contribution in [3.8, 4) is 0 Å². The number of ether oxygens (including phenoxy) is 1. The van der Waals surface area contributed by atoms with Gasteiger partial charge in [-0.25, -0.2) is 9.48 Å². The van der Waals surface area contributed by atoms with Crippen LogP contribution in [0.2, 0.25) is 0 Å². The molecule has 2 aromatic rings. The Hall–Kier alpha value is -3.16. The Kier molecular flexibility index (Phi) is 3.93. The maximum absolute atomic E-state index is 12.1. The first kappa shape index (κ1) is 15.4. The molecule has 0 radical (unpaired) electrons. The second-order valence-corrected chi connectivity index (χ2v) is 5.98. The first-order chi connectivity index (χ1) is 12.2. The molecule has 8 nitrogen and oxygen atoms in total. The van der Waals surface area contributed by atoms with Crippen LogP contribution in [0.5, 0.6) is 0 Å². The maximum atomic E-state index is 12.1. The number of ketones is 1. The van der Waals surface area contributed by atoms with E-state index >= 15 is 0 Å². The van der Waals surface area contributed by atoms with Crippen LogP contribution >= 0.6 is 0 Å². The number of cyclic esters (lactones) is 1. The molecule has 25 heavy (non-hydrogen) atoms. The minimum absolute atomic E-state index is 0.145. The monoisotopic (exact) mass is 339 g/mol. The third kappa shape index (κ3) is 3.23. The molecule has 4 rings (SSSR count). The molecule has 0 spiro atoms. The molecule has 3 heterocycles. The molecule has 8 heteroatoms. The number of benzene rings is 1. The number of anilines is 2. The number of hydrogen-bond donors (Lipinski definition) is 0. The highest BCUT2D eigenvalue weighted by atomic mass is 16.6. The molecule has 1 unspecified atom stereocenters. The van der Waals surface area contributed by atoms with Gasteiger partial charge in [-0.05, 0) is 30.3 Å². The molecule has 2 aliphatic rings. The second kappa shape index (κ2) is 6.39. The van der Waals surface area contributed by atoms with Crippen LogP contribution in [0.1, 0.15) is 6.42 Å². The van der Waals surface area contributed by atoms with E-state index in [0.717, 1.165) is 11.4 Å². The number of carbonyl (C=O) groups is 2. The summed E-state index contributed by atoms with van der Waals surface area (Å²) in [6, 6.07) is 7.65. The van der Waals surface area contributed by atoms with E-state index in [1.54, 1.807) is 34.3 Å². The fourth-order valence-corrected chi connectivity index (χ4v) is 2.97. The van der Waals surface area contributed by atoms with Gasteiger partial charge in [0.15, 0.2) is 5.78 Å². The highest BCUT2D eigenvalue weighted by Crippen LogP contribution is 2.26. The van der Waals surface area contributed by atoms with Crippen molar-refractivity contribution in [2.45, 2.75) is 19.1 Å². The minimum Gasteiger partial charge on any atom is -0.442 e. The summed E-state index contributed by atoms with van der Waals surface area (Å²) in [6.07, 6.45) is 6.60. The summed E-state index contributed by atoms with van der Waals surface area (Å²) in [4.78, 5) is 27.0. The van der Waals surface area contributed by atoms with E-state index in [-0.39, 0.29) is 18.0 Å². The van der Waals surface area contributed by atoms with Gasteiger partial charge in [0.05, 0.1) is 19.3 Å². The predicted molar refractivity (Wildman–Crippen MR) is 90.2 cm³/mol. The number of hydrogen-bond acceptors (Lipinski definition) is 6. The van der Waals surface area contributed by atoms with Crippen molar-refractivity contribution in [2.24, 2.45) is 0 Å². The van der Waals surface area contributed by atoms with Gasteiger partial charge >= 0.3 is 6.09 Å². The van der Waals surface area contributed by atoms with Crippen LogP contribution in [0.4, 0.5) is 16.2 Å². The van der Waals surface area contributed by atoms with E-state index in [1.165, 1.54) is 0 Å². The molecule has 0 saturated carbocycles. The van der Waals surface area contributed by atoms with Crippen molar-refractivity contribution in [1.29, 1.82) is 0 Å². The Morgan fingerprint density at radius 1 is 1.16 bits per heavy atom. The van der Waals surface area contributed by atoms with E-state index in [0.29, 0.717) is 26.1 Å². The van der Waals surface area contributed by atoms with Crippen LogP contribution in [0, 0.1) is 0 Å². The zero-order valence-electron chi connectivity index (χ0n) is 13.5. The molecular weight excluding hydrogens is 322 g/mol. The van der Waals surface area contributed by atoms with E-state index in [9.17, 15) is 9.59 Å². The lowest BCUT2D eigenvalue weighted by Gasteiger charge is -2.23. The third-order valence-electron chi connectivity index (χ3n) is 4.27. The Morgan fingerprint density at radius 3 is 2.64 bits per heavy atom. The zero-order valence-corrected chi connectivity index (χ0v) is 13.5. The van der Waals surface area contributed by atoms with Gasteiger partial charge in [-0.2, -0.15) is 0 Å². The fraction of sp³-hybridized carbons (Fsp3) is 0.294. The molecule has 1 atom stereocenters. The average molecular weight is 339 g/mol. The molecule has 1 aromatic carbocycles. The Morgan fingerprint density at radius 2 is 1.96 bits per heavy atom. The summed E-state index contributed by atoms with van der Waals surface area (Å²) in [7, 11) is 0. The lowest BCUT2D eigenvalue weighted by molar-refractivity contribution is -0.114. The molecular formula is C17H17N5O3. The molecule has 0 aliphatic carbocycles. The molecule has 128 valence electrons. The largest absolute Gasteiger partial charge is 0.442 e. The van der Waals surface area contributed by atoms with Crippen molar-refractivity contribution < 1.29 is 14.3 Å². The summed E-state index contributed by atoms with van der Waals surface area (Å²) < 4.78 is 7.05. The van der Waals surface area contributed by atoms with Crippen molar-refractivity contribution >= 4 is 23.3 Å². The van der Waals surface area contributed by atoms with Gasteiger partial charge in [-0.1, -0.05) is 5.21 Å². The number of amides is 1. The van der Waals surface area contributed by atoms with Crippen molar-refractivity contribution in [1.82, 2.24) is 15.0 Å². The third-order valence-corrected chi connectivity index (χ3v) is 4.27. The molecule has 1 aromatic heterocycles. The standard InChI is InChI=1S/C17H17N5O3/c23-15-5-8-20(9-6-15)13-1-3-14(4-2-13)22-12-16(25-17(22)24)11-21-10-7-18-19-21/h1-5,7-8,10,16H,6,9,11-12H2. The second-order valence-electron chi connectivity index (χ2n) is 5.98. The molecule has 0 bridgehead atoms. The fourth-order valence-electron chi connectivity index (χ4n) is 2.97. The van der Waals surface area contributed by atoms with Gasteiger partial charge in [-0.15, -0.1) is 5.10 Å². The van der Waals surface area contributed by atoms with Crippen LogP contribution in [0.3, 0.4) is 0 Å². The van der Waals surface area contributed by atoms with Crippen molar-refractivity contribution in [3.05, 3.63) is 48.9 Å². The van der Waals surface area contributed by atoms with Crippen LogP contribution < -0.4 is 9.80 Å². The zero-order chi connectivity index (χ0) is 17.2. The molecule has 1 amide bonds. The van der Waals surface area contributed by atoms with Crippen LogP contribution in [-0.4, -0.2) is 46.1 Å². The lowest BCUT2D eigenvalue weighted by Crippen LogP contribution is -2.26. The van der Waals surface area contributed by atoms with Crippen LogP contribution in [0.25, 0.3) is 0 Å². The quantitative estimate of drug-likeness (QED) is 0.842. The first-order valence-electron chi connectivity index (χ1n) is 8.09. The molecule has 2 aliphatic heterocycles. The topological polar surface area (TPSA) is 80.6 Å². The number of rotatable bonds is 4. The van der Waals surface area contributed by atoms with Crippen LogP contribution in [0.15, 0.2) is 48.9 Å². The van der Waals surface area contributed by atoms with Crippen LogP contribution in [-0.2, 0) is 16.1 Å². The number of aromatic nitrogens is 3. The predicted octanol–water partition coefficient (Wildman–Crippen LogP) is 1.60. The minimum atomic E-state index is -0.360. The lowest BCUT2D eigenvalue weighted by atomic mass is 10.1. The van der Waals surface area contributed by atoms with Crippen molar-refractivity contribution in [3.63, 3.8) is 0 Å². The normalized spacial score (nSPS) is 20.2. The molecule has 1 saturated heterocycles. The average Bonchev–Trinajstić information content (AvgIpc) is 3.26. The molecule has 1 fully saturated rings. The van der Waals surface area contributed by atoms with E-state index in [1.807, 2.05) is 29.2 Å². The van der Waals surface area contributed by atoms with Gasteiger partial charge < -0.3 is 9.64 Å². The van der Waals surface area contributed by atoms with Gasteiger partial charge in [-0.3, -0.25) is 9.69 Å². The van der Waals surface area contributed by atoms with Gasteiger partial charge in [0.2, 0.25) is 0 Å². The van der Waals surface area contributed by atoms with Gasteiger partial charge in [0.1, 0.15) is 6.10 Å². The summed E-state index contributed by atoms with van der Waals surface area (Å²) in [6.45, 7) is 1.61. The maximum Gasteiger partial charge on any atom is 0.414 e. The Labute approximate surface area is 144 Å². The van der Waals surface area contributed by atoms with E-state index in [4.69, 9.17) is 4.74 Å². The highest BCUT2D eigenvalue weighted by molar-refractivity contribution is 5.92. The Bertz CT molecular complexity index is 800. The van der Waals surface area contributed by atoms with Gasteiger partial charge in [0, 0.05) is 36.7 Å². The first-order valence-corrected chi connectivity index (χ1v) is 8.09. The Balaban J connectivity index is 1.44. The smallest absolute Gasteiger partial charge is 0.414 e. The number of allylic oxidation sites excluding steroid dienone is 1. The molecule has 0 N–H and O–H groups in total. The summed E-state index contributed by atoms with van der Waals surface area (Å²) in [5, 5.41) is 7.64. The summed E-state index contributed by atoms with van der Waals surface area (Å²) >= 11 is 0. The highest BCUT2D eigenvalue weighted by Gasteiger charge is 2.32.